The lowest BCUT2D eigenvalue weighted by atomic mass is 10.2. The first-order valence-electron chi connectivity index (χ1n) is 5.54. The number of nitrogens with zero attached hydrogens (tertiary/aromatic N) is 2. The number of ether oxygens (including phenoxy) is 1. The quantitative estimate of drug-likeness (QED) is 0.824. The average Bonchev–Trinajstić information content (AvgIpc) is 2.56. The van der Waals surface area contributed by atoms with Crippen molar-refractivity contribution in [3.63, 3.8) is 0 Å². The van der Waals surface area contributed by atoms with Crippen molar-refractivity contribution in [1.29, 1.82) is 0 Å². The zero-order chi connectivity index (χ0) is 12.4. The molecule has 0 aliphatic heterocycles. The summed E-state index contributed by atoms with van der Waals surface area (Å²) in [5, 5.41) is 4.28. The maximum atomic E-state index is 5.76. The summed E-state index contributed by atoms with van der Waals surface area (Å²) in [6.45, 7) is 4.47. The molecule has 0 spiro atoms. The molecule has 0 saturated carbocycles. The van der Waals surface area contributed by atoms with Crippen LogP contribution in [0.2, 0.25) is 0 Å². The van der Waals surface area contributed by atoms with E-state index in [9.17, 15) is 0 Å². The van der Waals surface area contributed by atoms with Gasteiger partial charge in [-0.15, -0.1) is 0 Å². The number of aryl methyl sites for hydroxylation is 3. The highest BCUT2D eigenvalue weighted by atomic mass is 16.5. The van der Waals surface area contributed by atoms with Gasteiger partial charge in [-0.2, -0.15) is 5.10 Å². The summed E-state index contributed by atoms with van der Waals surface area (Å²) < 4.78 is 7.59. The number of aromatic nitrogens is 2. The number of nitrogens with two attached hydrogens (primary N) is 1. The van der Waals surface area contributed by atoms with Crippen molar-refractivity contribution in [3.05, 3.63) is 41.2 Å². The summed E-state index contributed by atoms with van der Waals surface area (Å²) in [5.74, 6) is 0.859. The van der Waals surface area contributed by atoms with E-state index >= 15 is 0 Å². The number of benzene rings is 1. The molecule has 0 saturated heterocycles. The second-order valence-corrected chi connectivity index (χ2v) is 4.21. The minimum absolute atomic E-state index is 0.516. The van der Waals surface area contributed by atoms with Crippen LogP contribution in [0, 0.1) is 13.8 Å². The summed E-state index contributed by atoms with van der Waals surface area (Å²) >= 11 is 0. The van der Waals surface area contributed by atoms with Crippen LogP contribution < -0.4 is 10.5 Å². The molecule has 1 heterocycles. The Labute approximate surface area is 101 Å². The van der Waals surface area contributed by atoms with E-state index in [2.05, 4.69) is 5.10 Å². The second-order valence-electron chi connectivity index (χ2n) is 4.21. The number of hydrogen-bond acceptors (Lipinski definition) is 3. The molecule has 0 atom stereocenters. The third kappa shape index (κ3) is 2.58. The highest BCUT2D eigenvalue weighted by Crippen LogP contribution is 2.21. The van der Waals surface area contributed by atoms with Gasteiger partial charge in [-0.25, -0.2) is 0 Å². The van der Waals surface area contributed by atoms with Gasteiger partial charge in [0.25, 0.3) is 0 Å². The van der Waals surface area contributed by atoms with Gasteiger partial charge in [-0.05, 0) is 43.7 Å². The van der Waals surface area contributed by atoms with E-state index in [1.165, 1.54) is 0 Å². The van der Waals surface area contributed by atoms with Crippen molar-refractivity contribution in [2.75, 3.05) is 5.73 Å². The van der Waals surface area contributed by atoms with E-state index in [0.29, 0.717) is 6.61 Å². The van der Waals surface area contributed by atoms with Crippen LogP contribution in [0.25, 0.3) is 0 Å². The van der Waals surface area contributed by atoms with Gasteiger partial charge in [0.15, 0.2) is 0 Å². The molecule has 0 radical (unpaired) electrons. The topological polar surface area (TPSA) is 53.1 Å². The third-order valence-electron chi connectivity index (χ3n) is 2.67. The summed E-state index contributed by atoms with van der Waals surface area (Å²) in [6.07, 6.45) is 0. The van der Waals surface area contributed by atoms with Crippen LogP contribution in [0.3, 0.4) is 0 Å². The van der Waals surface area contributed by atoms with Gasteiger partial charge in [0, 0.05) is 12.7 Å². The molecule has 0 fully saturated rings. The SMILES string of the molecule is Cc1cc(COc2ccc(N)cc2C)n(C)n1. The van der Waals surface area contributed by atoms with Gasteiger partial charge in [-0.1, -0.05) is 0 Å². The standard InChI is InChI=1S/C13H17N3O/c1-9-6-11(14)4-5-13(9)17-8-12-7-10(2)15-16(12)3/h4-7H,8,14H2,1-3H3. The van der Waals surface area contributed by atoms with Crippen molar-refractivity contribution < 1.29 is 4.74 Å². The second kappa shape index (κ2) is 4.49. The van der Waals surface area contributed by atoms with Crippen molar-refractivity contribution >= 4 is 5.69 Å². The van der Waals surface area contributed by atoms with Crippen LogP contribution in [0.1, 0.15) is 17.0 Å². The Bertz CT molecular complexity index is 531. The fraction of sp³-hybridized carbons (Fsp3) is 0.308. The molecule has 90 valence electrons. The Hall–Kier alpha value is -1.97. The van der Waals surface area contributed by atoms with E-state index in [1.807, 2.05) is 49.8 Å². The first-order chi connectivity index (χ1) is 8.06. The van der Waals surface area contributed by atoms with Gasteiger partial charge < -0.3 is 10.5 Å². The zero-order valence-electron chi connectivity index (χ0n) is 10.4. The molecule has 0 amide bonds. The fourth-order valence-electron chi connectivity index (χ4n) is 1.79. The lowest BCUT2D eigenvalue weighted by Gasteiger charge is -2.09. The predicted octanol–water partition coefficient (Wildman–Crippen LogP) is 2.20. The van der Waals surface area contributed by atoms with E-state index < -0.39 is 0 Å². The lowest BCUT2D eigenvalue weighted by Crippen LogP contribution is -2.03. The molecule has 0 unspecified atom stereocenters. The summed E-state index contributed by atoms with van der Waals surface area (Å²) in [5.41, 5.74) is 9.55. The van der Waals surface area contributed by atoms with Crippen LogP contribution in [0.4, 0.5) is 5.69 Å². The molecule has 2 aromatic rings. The number of hydrogen-bond donors (Lipinski definition) is 1. The highest BCUT2D eigenvalue weighted by molar-refractivity contribution is 5.47. The van der Waals surface area contributed by atoms with Gasteiger partial charge in [0.05, 0.1) is 11.4 Å². The molecule has 2 N–H and O–H groups in total. The van der Waals surface area contributed by atoms with Gasteiger partial charge in [0.1, 0.15) is 12.4 Å². The minimum atomic E-state index is 0.516. The predicted molar refractivity (Wildman–Crippen MR) is 67.9 cm³/mol. The van der Waals surface area contributed by atoms with Crippen LogP contribution in [-0.4, -0.2) is 9.78 Å². The smallest absolute Gasteiger partial charge is 0.130 e. The Morgan fingerprint density at radius 2 is 2.06 bits per heavy atom. The fourth-order valence-corrected chi connectivity index (χ4v) is 1.79. The molecule has 0 bridgehead atoms. The lowest BCUT2D eigenvalue weighted by molar-refractivity contribution is 0.293. The summed E-state index contributed by atoms with van der Waals surface area (Å²) in [6, 6.07) is 7.67. The first kappa shape index (κ1) is 11.5. The van der Waals surface area contributed by atoms with Crippen molar-refractivity contribution in [2.24, 2.45) is 7.05 Å². The molecule has 2 rings (SSSR count). The molecule has 1 aromatic carbocycles. The van der Waals surface area contributed by atoms with Gasteiger partial charge in [-0.3, -0.25) is 4.68 Å². The molecule has 0 aliphatic carbocycles. The molecular formula is C13H17N3O. The Morgan fingerprint density at radius 3 is 2.65 bits per heavy atom. The summed E-state index contributed by atoms with van der Waals surface area (Å²) in [7, 11) is 1.92. The normalized spacial score (nSPS) is 10.5. The Balaban J connectivity index is 2.10. The van der Waals surface area contributed by atoms with E-state index in [-0.39, 0.29) is 0 Å². The van der Waals surface area contributed by atoms with Gasteiger partial charge in [0.2, 0.25) is 0 Å². The minimum Gasteiger partial charge on any atom is -0.487 e. The molecule has 1 aromatic heterocycles. The molecular weight excluding hydrogens is 214 g/mol. The van der Waals surface area contributed by atoms with Crippen molar-refractivity contribution in [1.82, 2.24) is 9.78 Å². The van der Waals surface area contributed by atoms with Crippen LogP contribution in [0.5, 0.6) is 5.75 Å². The molecule has 4 nitrogen and oxygen atoms in total. The number of rotatable bonds is 3. The number of anilines is 1. The van der Waals surface area contributed by atoms with E-state index in [1.54, 1.807) is 0 Å². The Kier molecular flexibility index (Phi) is 3.04. The molecule has 0 aliphatic rings. The van der Waals surface area contributed by atoms with Crippen LogP contribution in [0.15, 0.2) is 24.3 Å². The monoisotopic (exact) mass is 231 g/mol. The zero-order valence-corrected chi connectivity index (χ0v) is 10.4. The summed E-state index contributed by atoms with van der Waals surface area (Å²) in [4.78, 5) is 0. The largest absolute Gasteiger partial charge is 0.487 e. The maximum absolute atomic E-state index is 5.76. The van der Waals surface area contributed by atoms with E-state index in [4.69, 9.17) is 10.5 Å². The Morgan fingerprint density at radius 1 is 1.29 bits per heavy atom. The molecule has 17 heavy (non-hydrogen) atoms. The van der Waals surface area contributed by atoms with Gasteiger partial charge >= 0.3 is 0 Å². The first-order valence-corrected chi connectivity index (χ1v) is 5.54. The third-order valence-corrected chi connectivity index (χ3v) is 2.67. The molecule has 4 heteroatoms. The highest BCUT2D eigenvalue weighted by Gasteiger charge is 2.04. The number of nitrogen functional groups attached to an aromatic ring is 1. The van der Waals surface area contributed by atoms with E-state index in [0.717, 1.165) is 28.4 Å². The van der Waals surface area contributed by atoms with Crippen LogP contribution >= 0.6 is 0 Å². The average molecular weight is 231 g/mol. The van der Waals surface area contributed by atoms with Crippen molar-refractivity contribution in [2.45, 2.75) is 20.5 Å². The maximum Gasteiger partial charge on any atom is 0.130 e. The van der Waals surface area contributed by atoms with Crippen molar-refractivity contribution in [3.8, 4) is 5.75 Å². The van der Waals surface area contributed by atoms with Crippen LogP contribution in [-0.2, 0) is 13.7 Å².